The molecule has 2 aromatic rings. The smallest absolute Gasteiger partial charge is 0.271 e. The molecule has 2 aromatic carbocycles. The van der Waals surface area contributed by atoms with E-state index >= 15 is 0 Å². The van der Waals surface area contributed by atoms with E-state index in [0.717, 1.165) is 15.6 Å². The van der Waals surface area contributed by atoms with Gasteiger partial charge in [0.05, 0.1) is 17.8 Å². The van der Waals surface area contributed by atoms with Gasteiger partial charge in [0.2, 0.25) is 0 Å². The number of rotatable bonds is 7. The summed E-state index contributed by atoms with van der Waals surface area (Å²) in [6.45, 7) is 5.96. The first-order valence-electron chi connectivity index (χ1n) is 7.56. The van der Waals surface area contributed by atoms with Crippen LogP contribution >= 0.6 is 15.9 Å². The number of benzene rings is 2. The number of nitrogens with zero attached hydrogens (tertiary/aromatic N) is 1. The van der Waals surface area contributed by atoms with Crippen LogP contribution in [0.3, 0.4) is 0 Å². The molecule has 0 atom stereocenters. The highest BCUT2D eigenvalue weighted by atomic mass is 79.9. The Bertz CT molecular complexity index is 786. The summed E-state index contributed by atoms with van der Waals surface area (Å²) in [6, 6.07) is 10.9. The molecule has 130 valence electrons. The summed E-state index contributed by atoms with van der Waals surface area (Å²) in [4.78, 5) is 12.0. The number of carbonyl (C=O) groups excluding carboxylic acids is 1. The number of aryl methyl sites for hydroxylation is 1. The van der Waals surface area contributed by atoms with Gasteiger partial charge in [-0.05, 0) is 52.7 Å². The van der Waals surface area contributed by atoms with E-state index in [9.17, 15) is 4.79 Å². The van der Waals surface area contributed by atoms with E-state index in [1.807, 2.05) is 25.1 Å². The van der Waals surface area contributed by atoms with Crippen LogP contribution in [0.4, 0.5) is 0 Å². The van der Waals surface area contributed by atoms with Crippen molar-refractivity contribution in [1.29, 1.82) is 0 Å². The lowest BCUT2D eigenvalue weighted by atomic mass is 10.1. The van der Waals surface area contributed by atoms with Gasteiger partial charge >= 0.3 is 0 Å². The Morgan fingerprint density at radius 1 is 1.32 bits per heavy atom. The third kappa shape index (κ3) is 5.19. The van der Waals surface area contributed by atoms with E-state index in [1.54, 1.807) is 31.4 Å². The van der Waals surface area contributed by atoms with E-state index in [1.165, 1.54) is 6.21 Å². The van der Waals surface area contributed by atoms with Gasteiger partial charge in [0.15, 0.2) is 11.5 Å². The van der Waals surface area contributed by atoms with Gasteiger partial charge in [-0.2, -0.15) is 5.10 Å². The topological polar surface area (TPSA) is 59.9 Å². The third-order valence-corrected chi connectivity index (χ3v) is 3.88. The van der Waals surface area contributed by atoms with E-state index < -0.39 is 0 Å². The molecule has 0 fully saturated rings. The van der Waals surface area contributed by atoms with Crippen LogP contribution in [-0.4, -0.2) is 25.8 Å². The number of amides is 1. The van der Waals surface area contributed by atoms with Gasteiger partial charge in [0.25, 0.3) is 5.91 Å². The fraction of sp³-hybridized carbons (Fsp3) is 0.158. The predicted molar refractivity (Wildman–Crippen MR) is 103 cm³/mol. The predicted octanol–water partition coefficient (Wildman–Crippen LogP) is 4.09. The highest BCUT2D eigenvalue weighted by Gasteiger charge is 2.11. The minimum absolute atomic E-state index is 0.270. The van der Waals surface area contributed by atoms with E-state index in [4.69, 9.17) is 9.47 Å². The Kier molecular flexibility index (Phi) is 6.77. The summed E-state index contributed by atoms with van der Waals surface area (Å²) in [5, 5.41) is 3.99. The lowest BCUT2D eigenvalue weighted by Gasteiger charge is -2.12. The number of nitrogens with one attached hydrogen (secondary N) is 1. The molecule has 1 N–H and O–H groups in total. The quantitative estimate of drug-likeness (QED) is 0.430. The fourth-order valence-electron chi connectivity index (χ4n) is 2.03. The zero-order valence-electron chi connectivity index (χ0n) is 14.1. The van der Waals surface area contributed by atoms with Crippen molar-refractivity contribution in [1.82, 2.24) is 5.43 Å². The number of hydrogen-bond acceptors (Lipinski definition) is 4. The minimum atomic E-state index is -0.270. The molecule has 0 radical (unpaired) electrons. The average Bonchev–Trinajstić information content (AvgIpc) is 2.61. The number of ether oxygens (including phenoxy) is 2. The maximum absolute atomic E-state index is 12.0. The third-order valence-electron chi connectivity index (χ3n) is 3.29. The van der Waals surface area contributed by atoms with Crippen LogP contribution in [0, 0.1) is 6.92 Å². The maximum Gasteiger partial charge on any atom is 0.271 e. The zero-order valence-corrected chi connectivity index (χ0v) is 15.7. The van der Waals surface area contributed by atoms with Gasteiger partial charge in [0, 0.05) is 5.56 Å². The fourth-order valence-corrected chi connectivity index (χ4v) is 2.61. The molecule has 0 aliphatic carbocycles. The van der Waals surface area contributed by atoms with Crippen molar-refractivity contribution >= 4 is 28.1 Å². The minimum Gasteiger partial charge on any atom is -0.493 e. The van der Waals surface area contributed by atoms with Crippen LogP contribution in [0.15, 0.2) is 58.6 Å². The van der Waals surface area contributed by atoms with Gasteiger partial charge in [0.1, 0.15) is 6.61 Å². The Balaban J connectivity index is 2.09. The van der Waals surface area contributed by atoms with Crippen molar-refractivity contribution in [3.63, 3.8) is 0 Å². The standard InChI is InChI=1S/C19H19BrN2O3/c1-4-9-25-18-16(20)10-14(11-17(18)24-3)12-21-22-19(23)15-7-5-13(2)6-8-15/h4-8,10-12H,1,9H2,2-3H3,(H,22,23)/b21-12-. The van der Waals surface area contributed by atoms with E-state index in [2.05, 4.69) is 33.0 Å². The monoisotopic (exact) mass is 402 g/mol. The Morgan fingerprint density at radius 2 is 2.04 bits per heavy atom. The molecule has 0 aromatic heterocycles. The molecule has 0 heterocycles. The molecule has 0 aliphatic heterocycles. The van der Waals surface area contributed by atoms with Crippen LogP contribution in [0.25, 0.3) is 0 Å². The van der Waals surface area contributed by atoms with Crippen molar-refractivity contribution < 1.29 is 14.3 Å². The van der Waals surface area contributed by atoms with Gasteiger partial charge < -0.3 is 9.47 Å². The van der Waals surface area contributed by atoms with Crippen LogP contribution < -0.4 is 14.9 Å². The molecule has 6 heteroatoms. The molecule has 2 rings (SSSR count). The molecule has 0 saturated carbocycles. The van der Waals surface area contributed by atoms with Gasteiger partial charge in [-0.3, -0.25) is 4.79 Å². The maximum atomic E-state index is 12.0. The van der Waals surface area contributed by atoms with Gasteiger partial charge in [-0.15, -0.1) is 0 Å². The number of hydrazone groups is 1. The van der Waals surface area contributed by atoms with Crippen molar-refractivity contribution in [2.75, 3.05) is 13.7 Å². The molecule has 1 amide bonds. The first-order chi connectivity index (χ1) is 12.0. The molecule has 0 unspecified atom stereocenters. The summed E-state index contributed by atoms with van der Waals surface area (Å²) in [6.07, 6.45) is 3.19. The largest absolute Gasteiger partial charge is 0.493 e. The van der Waals surface area contributed by atoms with Crippen LogP contribution in [-0.2, 0) is 0 Å². The molecule has 0 bridgehead atoms. The molecule has 0 aliphatic rings. The highest BCUT2D eigenvalue weighted by Crippen LogP contribution is 2.36. The Hall–Kier alpha value is -2.60. The lowest BCUT2D eigenvalue weighted by Crippen LogP contribution is -2.17. The van der Waals surface area contributed by atoms with Gasteiger partial charge in [-0.1, -0.05) is 30.4 Å². The number of carbonyl (C=O) groups is 1. The normalized spacial score (nSPS) is 10.5. The second-order valence-electron chi connectivity index (χ2n) is 5.20. The SMILES string of the molecule is C=CCOc1c(Br)cc(/C=N\NC(=O)c2ccc(C)cc2)cc1OC. The first kappa shape index (κ1) is 18.7. The Labute approximate surface area is 155 Å². The second kappa shape index (κ2) is 9.03. The van der Waals surface area contributed by atoms with Crippen molar-refractivity contribution in [3.05, 3.63) is 70.2 Å². The molecule has 25 heavy (non-hydrogen) atoms. The van der Waals surface area contributed by atoms with Gasteiger partial charge in [-0.25, -0.2) is 5.43 Å². The molecular formula is C19H19BrN2O3. The zero-order chi connectivity index (χ0) is 18.2. The lowest BCUT2D eigenvalue weighted by molar-refractivity contribution is 0.0955. The summed E-state index contributed by atoms with van der Waals surface area (Å²) in [5.41, 5.74) is 4.90. The van der Waals surface area contributed by atoms with Crippen LogP contribution in [0.5, 0.6) is 11.5 Å². The molecule has 0 saturated heterocycles. The van der Waals surface area contributed by atoms with Crippen molar-refractivity contribution in [3.8, 4) is 11.5 Å². The van der Waals surface area contributed by atoms with E-state index in [0.29, 0.717) is 23.7 Å². The number of hydrogen-bond donors (Lipinski definition) is 1. The average molecular weight is 403 g/mol. The van der Waals surface area contributed by atoms with Crippen molar-refractivity contribution in [2.24, 2.45) is 5.10 Å². The first-order valence-corrected chi connectivity index (χ1v) is 8.35. The van der Waals surface area contributed by atoms with Crippen LogP contribution in [0.1, 0.15) is 21.5 Å². The van der Waals surface area contributed by atoms with Crippen LogP contribution in [0.2, 0.25) is 0 Å². The number of methoxy groups -OCH3 is 1. The molecular weight excluding hydrogens is 384 g/mol. The number of halogens is 1. The second-order valence-corrected chi connectivity index (χ2v) is 6.05. The molecule has 5 nitrogen and oxygen atoms in total. The summed E-state index contributed by atoms with van der Waals surface area (Å²) < 4.78 is 11.6. The summed E-state index contributed by atoms with van der Waals surface area (Å²) in [7, 11) is 1.56. The van der Waals surface area contributed by atoms with E-state index in [-0.39, 0.29) is 5.91 Å². The highest BCUT2D eigenvalue weighted by molar-refractivity contribution is 9.10. The van der Waals surface area contributed by atoms with Crippen molar-refractivity contribution in [2.45, 2.75) is 6.92 Å². The summed E-state index contributed by atoms with van der Waals surface area (Å²) >= 11 is 3.44. The summed E-state index contributed by atoms with van der Waals surface area (Å²) in [5.74, 6) is 0.874. The molecule has 0 spiro atoms. The Morgan fingerprint density at radius 3 is 2.68 bits per heavy atom.